The van der Waals surface area contributed by atoms with Crippen molar-refractivity contribution in [3.63, 3.8) is 0 Å². The molecule has 1 heterocycles. The average Bonchev–Trinajstić information content (AvgIpc) is 2.97. The van der Waals surface area contributed by atoms with Gasteiger partial charge < -0.3 is 15.5 Å². The summed E-state index contributed by atoms with van der Waals surface area (Å²) in [5, 5.41) is 5.76. The van der Waals surface area contributed by atoms with Crippen LogP contribution in [0.15, 0.2) is 18.2 Å². The Kier molecular flexibility index (Phi) is 5.03. The molecule has 0 aromatic heterocycles. The maximum atomic E-state index is 13.2. The molecule has 1 saturated carbocycles. The van der Waals surface area contributed by atoms with Crippen LogP contribution in [0.5, 0.6) is 0 Å². The highest BCUT2D eigenvalue weighted by atomic mass is 19.1. The van der Waals surface area contributed by atoms with Crippen LogP contribution < -0.4 is 10.6 Å². The molecule has 1 aromatic carbocycles. The fraction of sp³-hybridized carbons (Fsp3) is 0.556. The van der Waals surface area contributed by atoms with E-state index >= 15 is 0 Å². The Morgan fingerprint density at radius 3 is 2.72 bits per heavy atom. The molecule has 136 valence electrons. The lowest BCUT2D eigenvalue weighted by atomic mass is 9.67. The Labute approximate surface area is 145 Å². The number of anilines is 1. The van der Waals surface area contributed by atoms with Crippen molar-refractivity contribution in [2.24, 2.45) is 11.3 Å². The van der Waals surface area contributed by atoms with Gasteiger partial charge in [0.1, 0.15) is 11.6 Å². The van der Waals surface area contributed by atoms with E-state index in [0.29, 0.717) is 12.5 Å². The number of benzene rings is 1. The average molecular weight is 351 g/mol. The number of fused-ring (bicyclic) bond motifs is 1. The van der Waals surface area contributed by atoms with Crippen molar-refractivity contribution in [1.29, 1.82) is 0 Å². The largest absolute Gasteiger partial charge is 0.336 e. The summed E-state index contributed by atoms with van der Waals surface area (Å²) in [6.07, 6.45) is 4.02. The molecular weight excluding hydrogens is 328 g/mol. The summed E-state index contributed by atoms with van der Waals surface area (Å²) in [5.74, 6) is -1.71. The van der Waals surface area contributed by atoms with Crippen LogP contribution in [0, 0.1) is 23.0 Å². The number of rotatable bonds is 4. The maximum Gasteiger partial charge on any atom is 0.243 e. The smallest absolute Gasteiger partial charge is 0.243 e. The van der Waals surface area contributed by atoms with Crippen molar-refractivity contribution >= 4 is 17.5 Å². The first-order valence-electron chi connectivity index (χ1n) is 8.63. The van der Waals surface area contributed by atoms with Crippen molar-refractivity contribution < 1.29 is 18.4 Å². The Hall–Kier alpha value is -2.02. The van der Waals surface area contributed by atoms with Gasteiger partial charge in [0.2, 0.25) is 11.8 Å². The molecule has 2 atom stereocenters. The summed E-state index contributed by atoms with van der Waals surface area (Å²) in [6, 6.07) is 2.82. The second-order valence-corrected chi connectivity index (χ2v) is 7.10. The first-order valence-corrected chi connectivity index (χ1v) is 8.63. The van der Waals surface area contributed by atoms with Crippen molar-refractivity contribution in [2.45, 2.75) is 25.7 Å². The predicted molar refractivity (Wildman–Crippen MR) is 89.9 cm³/mol. The van der Waals surface area contributed by atoms with Gasteiger partial charge in [0.25, 0.3) is 0 Å². The van der Waals surface area contributed by atoms with Crippen LogP contribution in [0.25, 0.3) is 0 Å². The number of carbonyl (C=O) groups is 2. The quantitative estimate of drug-likeness (QED) is 0.874. The Morgan fingerprint density at radius 2 is 2.00 bits per heavy atom. The van der Waals surface area contributed by atoms with E-state index in [1.165, 1.54) is 4.90 Å². The summed E-state index contributed by atoms with van der Waals surface area (Å²) < 4.78 is 26.4. The molecular formula is C18H23F2N3O2. The lowest BCUT2D eigenvalue weighted by Gasteiger charge is -2.39. The van der Waals surface area contributed by atoms with E-state index in [9.17, 15) is 18.4 Å². The molecule has 2 amide bonds. The van der Waals surface area contributed by atoms with Gasteiger partial charge in [-0.15, -0.1) is 0 Å². The zero-order valence-corrected chi connectivity index (χ0v) is 14.3. The minimum Gasteiger partial charge on any atom is -0.336 e. The van der Waals surface area contributed by atoms with Crippen LogP contribution in [-0.2, 0) is 9.59 Å². The second-order valence-electron chi connectivity index (χ2n) is 7.10. The van der Waals surface area contributed by atoms with Crippen LogP contribution >= 0.6 is 0 Å². The van der Waals surface area contributed by atoms with Crippen LogP contribution in [-0.4, -0.2) is 43.4 Å². The predicted octanol–water partition coefficient (Wildman–Crippen LogP) is 2.14. The standard InChI is InChI=1S/C18H23F2N3O2/c1-23(10-16(24)22-15-7-13(19)6-14(20)8-15)17(25)18-5-3-2-4-12(18)9-21-11-18/h6-8,12,21H,2-5,9-11H2,1H3,(H,22,24)/t12-,18+/m0/s1. The fourth-order valence-electron chi connectivity index (χ4n) is 4.16. The zero-order chi connectivity index (χ0) is 18.0. The molecule has 1 aliphatic carbocycles. The van der Waals surface area contributed by atoms with E-state index < -0.39 is 23.0 Å². The van der Waals surface area contributed by atoms with Crippen molar-refractivity contribution in [2.75, 3.05) is 32.0 Å². The van der Waals surface area contributed by atoms with Gasteiger partial charge in [0.05, 0.1) is 12.0 Å². The van der Waals surface area contributed by atoms with Gasteiger partial charge in [-0.2, -0.15) is 0 Å². The van der Waals surface area contributed by atoms with Gasteiger partial charge in [-0.25, -0.2) is 8.78 Å². The summed E-state index contributed by atoms with van der Waals surface area (Å²) >= 11 is 0. The van der Waals surface area contributed by atoms with E-state index in [1.807, 2.05) is 0 Å². The minimum atomic E-state index is -0.763. The molecule has 1 aliphatic heterocycles. The first-order chi connectivity index (χ1) is 11.9. The summed E-state index contributed by atoms with van der Waals surface area (Å²) in [4.78, 5) is 26.6. The number of amides is 2. The van der Waals surface area contributed by atoms with Crippen molar-refractivity contribution in [3.05, 3.63) is 29.8 Å². The highest BCUT2D eigenvalue weighted by Crippen LogP contribution is 2.44. The molecule has 0 radical (unpaired) electrons. The molecule has 0 bridgehead atoms. The summed E-state index contributed by atoms with van der Waals surface area (Å²) in [7, 11) is 1.60. The third kappa shape index (κ3) is 3.66. The lowest BCUT2D eigenvalue weighted by Crippen LogP contribution is -2.50. The minimum absolute atomic E-state index is 0.0252. The number of likely N-dealkylation sites (N-methyl/N-ethyl adjacent to an activating group) is 1. The van der Waals surface area contributed by atoms with E-state index in [4.69, 9.17) is 0 Å². The molecule has 2 aliphatic rings. The topological polar surface area (TPSA) is 61.4 Å². The SMILES string of the molecule is CN(CC(=O)Nc1cc(F)cc(F)c1)C(=O)[C@@]12CCCC[C@H]1CNC2. The monoisotopic (exact) mass is 351 g/mol. The lowest BCUT2D eigenvalue weighted by molar-refractivity contribution is -0.145. The number of carbonyl (C=O) groups excluding carboxylic acids is 2. The molecule has 2 N–H and O–H groups in total. The van der Waals surface area contributed by atoms with Crippen molar-refractivity contribution in [1.82, 2.24) is 10.2 Å². The van der Waals surface area contributed by atoms with Gasteiger partial charge >= 0.3 is 0 Å². The Bertz CT molecular complexity index is 662. The van der Waals surface area contributed by atoms with Gasteiger partial charge in [0.15, 0.2) is 0 Å². The van der Waals surface area contributed by atoms with E-state index in [2.05, 4.69) is 10.6 Å². The summed E-state index contributed by atoms with van der Waals surface area (Å²) in [6.45, 7) is 1.34. The normalized spacial score (nSPS) is 25.3. The number of nitrogens with one attached hydrogen (secondary N) is 2. The van der Waals surface area contributed by atoms with Gasteiger partial charge in [0, 0.05) is 25.3 Å². The zero-order valence-electron chi connectivity index (χ0n) is 14.3. The fourth-order valence-corrected chi connectivity index (χ4v) is 4.16. The number of hydrogen-bond acceptors (Lipinski definition) is 3. The van der Waals surface area contributed by atoms with Crippen LogP contribution in [0.2, 0.25) is 0 Å². The Morgan fingerprint density at radius 1 is 1.28 bits per heavy atom. The van der Waals surface area contributed by atoms with Gasteiger partial charge in [-0.3, -0.25) is 9.59 Å². The molecule has 7 heteroatoms. The number of nitrogens with zero attached hydrogens (tertiary/aromatic N) is 1. The molecule has 2 fully saturated rings. The van der Waals surface area contributed by atoms with Crippen LogP contribution in [0.4, 0.5) is 14.5 Å². The molecule has 3 rings (SSSR count). The van der Waals surface area contributed by atoms with E-state index in [-0.39, 0.29) is 18.1 Å². The molecule has 1 saturated heterocycles. The number of hydrogen-bond donors (Lipinski definition) is 2. The first kappa shape index (κ1) is 17.8. The van der Waals surface area contributed by atoms with Crippen molar-refractivity contribution in [3.8, 4) is 0 Å². The molecule has 0 unspecified atom stereocenters. The molecule has 5 nitrogen and oxygen atoms in total. The van der Waals surface area contributed by atoms with E-state index in [1.54, 1.807) is 7.05 Å². The highest BCUT2D eigenvalue weighted by Gasteiger charge is 2.50. The third-order valence-corrected chi connectivity index (χ3v) is 5.34. The molecule has 1 aromatic rings. The third-order valence-electron chi connectivity index (χ3n) is 5.34. The highest BCUT2D eigenvalue weighted by molar-refractivity contribution is 5.95. The summed E-state index contributed by atoms with van der Waals surface area (Å²) in [5.41, 5.74) is -0.377. The van der Waals surface area contributed by atoms with Crippen LogP contribution in [0.3, 0.4) is 0 Å². The molecule has 25 heavy (non-hydrogen) atoms. The number of halogens is 2. The Balaban J connectivity index is 1.64. The van der Waals surface area contributed by atoms with Gasteiger partial charge in [-0.1, -0.05) is 12.8 Å². The van der Waals surface area contributed by atoms with Gasteiger partial charge in [-0.05, 0) is 37.4 Å². The second kappa shape index (κ2) is 7.07. The van der Waals surface area contributed by atoms with E-state index in [0.717, 1.165) is 50.4 Å². The van der Waals surface area contributed by atoms with Crippen LogP contribution in [0.1, 0.15) is 25.7 Å². The molecule has 0 spiro atoms. The maximum absolute atomic E-state index is 13.2.